The van der Waals surface area contributed by atoms with E-state index in [1.807, 2.05) is 11.3 Å². The fourth-order valence-corrected chi connectivity index (χ4v) is 5.04. The molecule has 2 heterocycles. The second-order valence-electron chi connectivity index (χ2n) is 6.09. The lowest BCUT2D eigenvalue weighted by Gasteiger charge is -2.34. The van der Waals surface area contributed by atoms with Crippen molar-refractivity contribution in [3.63, 3.8) is 0 Å². The second-order valence-corrected chi connectivity index (χ2v) is 8.58. The summed E-state index contributed by atoms with van der Waals surface area (Å²) in [5, 5.41) is 0. The predicted molar refractivity (Wildman–Crippen MR) is 92.2 cm³/mol. The molecule has 2 atom stereocenters. The molecule has 1 aliphatic heterocycles. The van der Waals surface area contributed by atoms with Crippen LogP contribution in [0.4, 0.5) is 0 Å². The Hall–Kier alpha value is 0.1000. The van der Waals surface area contributed by atoms with Crippen molar-refractivity contribution in [2.75, 3.05) is 13.1 Å². The summed E-state index contributed by atoms with van der Waals surface area (Å²) in [4.78, 5) is 4.05. The Kier molecular flexibility index (Phi) is 5.69. The highest BCUT2D eigenvalue weighted by molar-refractivity contribution is 9.11. The first-order chi connectivity index (χ1) is 9.55. The van der Waals surface area contributed by atoms with Gasteiger partial charge in [-0.25, -0.2) is 0 Å². The van der Waals surface area contributed by atoms with E-state index in [-0.39, 0.29) is 6.04 Å². The second kappa shape index (κ2) is 6.91. The molecule has 1 fully saturated rings. The summed E-state index contributed by atoms with van der Waals surface area (Å²) in [7, 11) is 0. The molecule has 4 heteroatoms. The smallest absolute Gasteiger partial charge is 0.0702 e. The largest absolute Gasteiger partial charge is 0.326 e. The maximum Gasteiger partial charge on any atom is 0.0702 e. The maximum atomic E-state index is 6.46. The van der Waals surface area contributed by atoms with Crippen LogP contribution >= 0.6 is 27.3 Å². The van der Waals surface area contributed by atoms with Crippen LogP contribution in [0.25, 0.3) is 0 Å². The van der Waals surface area contributed by atoms with Crippen LogP contribution in [0, 0.1) is 5.41 Å². The molecule has 1 aromatic heterocycles. The lowest BCUT2D eigenvalue weighted by atomic mass is 9.82. The molecular formula is C16H27BrN2S. The van der Waals surface area contributed by atoms with Crippen LogP contribution in [-0.4, -0.2) is 24.0 Å². The van der Waals surface area contributed by atoms with E-state index in [1.54, 1.807) is 0 Å². The molecule has 0 aliphatic carbocycles. The highest BCUT2D eigenvalue weighted by atomic mass is 79.9. The van der Waals surface area contributed by atoms with Gasteiger partial charge in [-0.15, -0.1) is 11.3 Å². The van der Waals surface area contributed by atoms with Crippen LogP contribution in [0.3, 0.4) is 0 Å². The first-order valence-corrected chi connectivity index (χ1v) is 9.41. The standard InChI is InChI=1S/C16H27BrN2S/c1-4-12(18)15(13-7-8-14(17)20-13)19-10-9-16(5-2,6-3)11-19/h7-8,12,15H,4-6,9-11,18H2,1-3H3. The Morgan fingerprint density at radius 1 is 1.35 bits per heavy atom. The molecule has 0 spiro atoms. The minimum absolute atomic E-state index is 0.227. The summed E-state index contributed by atoms with van der Waals surface area (Å²) < 4.78 is 1.21. The van der Waals surface area contributed by atoms with Gasteiger partial charge in [0.05, 0.1) is 9.83 Å². The topological polar surface area (TPSA) is 29.3 Å². The number of thiophene rings is 1. The van der Waals surface area contributed by atoms with Crippen molar-refractivity contribution in [3.05, 3.63) is 20.8 Å². The number of nitrogens with zero attached hydrogens (tertiary/aromatic N) is 1. The third kappa shape index (κ3) is 3.29. The Balaban J connectivity index is 2.21. The Morgan fingerprint density at radius 3 is 2.50 bits per heavy atom. The van der Waals surface area contributed by atoms with Crippen LogP contribution in [0.2, 0.25) is 0 Å². The van der Waals surface area contributed by atoms with Crippen molar-refractivity contribution in [1.29, 1.82) is 0 Å². The molecule has 0 bridgehead atoms. The zero-order valence-corrected chi connectivity index (χ0v) is 15.3. The van der Waals surface area contributed by atoms with Gasteiger partial charge in [-0.05, 0) is 65.7 Å². The van der Waals surface area contributed by atoms with Crippen molar-refractivity contribution >= 4 is 27.3 Å². The number of rotatable bonds is 6. The van der Waals surface area contributed by atoms with Crippen molar-refractivity contribution in [2.45, 2.75) is 58.5 Å². The molecule has 2 N–H and O–H groups in total. The molecule has 2 nitrogen and oxygen atoms in total. The van der Waals surface area contributed by atoms with Gasteiger partial charge in [-0.3, -0.25) is 4.90 Å². The summed E-state index contributed by atoms with van der Waals surface area (Å²) in [6.07, 6.45) is 4.91. The molecule has 1 aromatic rings. The molecule has 0 radical (unpaired) electrons. The Morgan fingerprint density at radius 2 is 2.05 bits per heavy atom. The lowest BCUT2D eigenvalue weighted by Crippen LogP contribution is -2.40. The van der Waals surface area contributed by atoms with Crippen LogP contribution in [0.1, 0.15) is 57.4 Å². The SMILES string of the molecule is CCC(N)C(c1ccc(Br)s1)N1CCC(CC)(CC)C1. The number of hydrogen-bond acceptors (Lipinski definition) is 3. The fourth-order valence-electron chi connectivity index (χ4n) is 3.41. The van der Waals surface area contributed by atoms with E-state index in [9.17, 15) is 0 Å². The summed E-state index contributed by atoms with van der Waals surface area (Å²) in [6, 6.07) is 5.01. The summed E-state index contributed by atoms with van der Waals surface area (Å²) >= 11 is 5.43. The molecule has 2 rings (SSSR count). The monoisotopic (exact) mass is 358 g/mol. The first-order valence-electron chi connectivity index (χ1n) is 7.80. The summed E-state index contributed by atoms with van der Waals surface area (Å²) in [5.74, 6) is 0. The van der Waals surface area contributed by atoms with Crippen molar-refractivity contribution < 1.29 is 0 Å². The minimum atomic E-state index is 0.227. The van der Waals surface area contributed by atoms with E-state index in [2.05, 4.69) is 53.7 Å². The van der Waals surface area contributed by atoms with Gasteiger partial charge in [-0.1, -0.05) is 20.8 Å². The van der Waals surface area contributed by atoms with Gasteiger partial charge >= 0.3 is 0 Å². The summed E-state index contributed by atoms with van der Waals surface area (Å²) in [5.41, 5.74) is 6.97. The molecule has 1 aliphatic rings. The maximum absolute atomic E-state index is 6.46. The Labute approximate surface area is 135 Å². The van der Waals surface area contributed by atoms with E-state index < -0.39 is 0 Å². The summed E-state index contributed by atoms with van der Waals surface area (Å²) in [6.45, 7) is 9.26. The van der Waals surface area contributed by atoms with Crippen LogP contribution < -0.4 is 5.73 Å². The molecular weight excluding hydrogens is 332 g/mol. The first kappa shape index (κ1) is 16.5. The van der Waals surface area contributed by atoms with E-state index >= 15 is 0 Å². The van der Waals surface area contributed by atoms with Crippen molar-refractivity contribution in [2.24, 2.45) is 11.1 Å². The van der Waals surface area contributed by atoms with E-state index in [0.717, 1.165) is 6.42 Å². The average molecular weight is 359 g/mol. The molecule has 1 saturated heterocycles. The normalized spacial score (nSPS) is 22.1. The van der Waals surface area contributed by atoms with Gasteiger partial charge in [0.15, 0.2) is 0 Å². The molecule has 0 saturated carbocycles. The minimum Gasteiger partial charge on any atom is -0.326 e. The van der Waals surface area contributed by atoms with Crippen molar-refractivity contribution in [3.8, 4) is 0 Å². The third-order valence-electron chi connectivity index (χ3n) is 5.12. The van der Waals surface area contributed by atoms with Gasteiger partial charge in [0.1, 0.15) is 0 Å². The fraction of sp³-hybridized carbons (Fsp3) is 0.750. The van der Waals surface area contributed by atoms with Gasteiger partial charge in [-0.2, -0.15) is 0 Å². The third-order valence-corrected chi connectivity index (χ3v) is 6.82. The predicted octanol–water partition coefficient (Wildman–Crippen LogP) is 4.80. The quantitative estimate of drug-likeness (QED) is 0.790. The van der Waals surface area contributed by atoms with E-state index in [0.29, 0.717) is 11.5 Å². The van der Waals surface area contributed by atoms with Gasteiger partial charge in [0.25, 0.3) is 0 Å². The van der Waals surface area contributed by atoms with Crippen LogP contribution in [0.15, 0.2) is 15.9 Å². The molecule has 20 heavy (non-hydrogen) atoms. The molecule has 2 unspecified atom stereocenters. The number of halogens is 1. The van der Waals surface area contributed by atoms with E-state index in [4.69, 9.17) is 5.73 Å². The lowest BCUT2D eigenvalue weighted by molar-refractivity contribution is 0.174. The Bertz CT molecular complexity index is 428. The number of hydrogen-bond donors (Lipinski definition) is 1. The zero-order chi connectivity index (χ0) is 14.8. The zero-order valence-electron chi connectivity index (χ0n) is 12.9. The highest BCUT2D eigenvalue weighted by Gasteiger charge is 2.39. The van der Waals surface area contributed by atoms with Gasteiger partial charge < -0.3 is 5.73 Å². The van der Waals surface area contributed by atoms with Crippen LogP contribution in [0.5, 0.6) is 0 Å². The van der Waals surface area contributed by atoms with Crippen LogP contribution in [-0.2, 0) is 0 Å². The average Bonchev–Trinajstić information content (AvgIpc) is 3.07. The van der Waals surface area contributed by atoms with Gasteiger partial charge in [0, 0.05) is 17.5 Å². The molecule has 0 amide bonds. The van der Waals surface area contributed by atoms with Gasteiger partial charge in [0.2, 0.25) is 0 Å². The van der Waals surface area contributed by atoms with E-state index in [1.165, 1.54) is 41.0 Å². The number of likely N-dealkylation sites (tertiary alicyclic amines) is 1. The number of nitrogens with two attached hydrogens (primary N) is 1. The molecule has 114 valence electrons. The highest BCUT2D eigenvalue weighted by Crippen LogP contribution is 2.43. The van der Waals surface area contributed by atoms with Crippen molar-refractivity contribution in [1.82, 2.24) is 4.90 Å². The molecule has 0 aromatic carbocycles.